The molecule has 0 radical (unpaired) electrons. The Morgan fingerprint density at radius 3 is 2.56 bits per heavy atom. The molecule has 0 aliphatic carbocycles. The molecular formula is C12H9F3O3. The number of ether oxygens (including phenoxy) is 1. The van der Waals surface area contributed by atoms with E-state index in [1.54, 1.807) is 0 Å². The largest absolute Gasteiger partial charge is 0.478 e. The van der Waals surface area contributed by atoms with Gasteiger partial charge in [0.05, 0.1) is 11.1 Å². The molecule has 96 valence electrons. The number of hydrogen-bond acceptors (Lipinski definition) is 2. The number of halogens is 3. The Kier molecular flexibility index (Phi) is 3.86. The van der Waals surface area contributed by atoms with Crippen LogP contribution in [0.25, 0.3) is 0 Å². The number of hydrogen-bond donors (Lipinski definition) is 1. The topological polar surface area (TPSA) is 46.5 Å². The average molecular weight is 258 g/mol. The molecule has 1 unspecified atom stereocenters. The fourth-order valence-electron chi connectivity index (χ4n) is 1.26. The zero-order chi connectivity index (χ0) is 13.9. The second-order valence-electron chi connectivity index (χ2n) is 3.44. The molecule has 0 saturated heterocycles. The van der Waals surface area contributed by atoms with Crippen molar-refractivity contribution >= 4 is 5.97 Å². The highest BCUT2D eigenvalue weighted by Crippen LogP contribution is 2.34. The Morgan fingerprint density at radius 1 is 1.50 bits per heavy atom. The van der Waals surface area contributed by atoms with Crippen LogP contribution in [0.3, 0.4) is 0 Å². The van der Waals surface area contributed by atoms with Gasteiger partial charge in [0.15, 0.2) is 6.10 Å². The fraction of sp³-hybridized carbons (Fsp3) is 0.250. The van der Waals surface area contributed by atoms with Gasteiger partial charge in [0.25, 0.3) is 0 Å². The summed E-state index contributed by atoms with van der Waals surface area (Å²) in [5, 5.41) is 8.67. The van der Waals surface area contributed by atoms with Crippen molar-refractivity contribution in [1.82, 2.24) is 0 Å². The van der Waals surface area contributed by atoms with Crippen molar-refractivity contribution < 1.29 is 27.8 Å². The molecule has 0 aliphatic rings. The number of alkyl halides is 3. The van der Waals surface area contributed by atoms with Crippen molar-refractivity contribution in [1.29, 1.82) is 0 Å². The first-order chi connectivity index (χ1) is 8.25. The van der Waals surface area contributed by atoms with Crippen LogP contribution in [0.4, 0.5) is 13.2 Å². The standard InChI is InChI=1S/C12H9F3O3/c1-3-7(2)18-8-4-5-9(11(16)17)10(6-8)12(13,14)15/h1,4-7H,2H3,(H,16,17). The first-order valence-electron chi connectivity index (χ1n) is 4.83. The molecule has 0 amide bonds. The highest BCUT2D eigenvalue weighted by Gasteiger charge is 2.35. The summed E-state index contributed by atoms with van der Waals surface area (Å²) in [5.74, 6) is 0.408. The van der Waals surface area contributed by atoms with Gasteiger partial charge < -0.3 is 9.84 Å². The van der Waals surface area contributed by atoms with Crippen LogP contribution < -0.4 is 4.74 Å². The zero-order valence-electron chi connectivity index (χ0n) is 9.28. The van der Waals surface area contributed by atoms with Gasteiger partial charge in [-0.3, -0.25) is 0 Å². The van der Waals surface area contributed by atoms with Gasteiger partial charge in [0, 0.05) is 0 Å². The lowest BCUT2D eigenvalue weighted by Gasteiger charge is -2.14. The molecule has 1 aromatic carbocycles. The summed E-state index contributed by atoms with van der Waals surface area (Å²) in [5.41, 5.74) is -2.10. The lowest BCUT2D eigenvalue weighted by atomic mass is 10.1. The third kappa shape index (κ3) is 3.17. The molecule has 0 aliphatic heterocycles. The quantitative estimate of drug-likeness (QED) is 0.848. The van der Waals surface area contributed by atoms with E-state index in [0.29, 0.717) is 6.07 Å². The van der Waals surface area contributed by atoms with Crippen LogP contribution in [-0.4, -0.2) is 17.2 Å². The lowest BCUT2D eigenvalue weighted by molar-refractivity contribution is -0.138. The molecule has 6 heteroatoms. The molecule has 0 aromatic heterocycles. The maximum atomic E-state index is 12.6. The number of carboxylic acid groups (broad SMARTS) is 1. The van der Waals surface area contributed by atoms with E-state index in [0.717, 1.165) is 12.1 Å². The van der Waals surface area contributed by atoms with E-state index in [-0.39, 0.29) is 5.75 Å². The second kappa shape index (κ2) is 5.00. The third-order valence-corrected chi connectivity index (χ3v) is 2.07. The van der Waals surface area contributed by atoms with Crippen LogP contribution in [0.2, 0.25) is 0 Å². The van der Waals surface area contributed by atoms with Crippen LogP contribution in [0.5, 0.6) is 5.75 Å². The van der Waals surface area contributed by atoms with Crippen molar-refractivity contribution in [3.63, 3.8) is 0 Å². The van der Waals surface area contributed by atoms with Crippen molar-refractivity contribution in [3.8, 4) is 18.1 Å². The van der Waals surface area contributed by atoms with E-state index in [1.807, 2.05) is 0 Å². The molecule has 0 heterocycles. The molecule has 3 nitrogen and oxygen atoms in total. The number of rotatable bonds is 3. The maximum Gasteiger partial charge on any atom is 0.417 e. The second-order valence-corrected chi connectivity index (χ2v) is 3.44. The number of aromatic carboxylic acids is 1. The van der Waals surface area contributed by atoms with Gasteiger partial charge in [-0.1, -0.05) is 5.92 Å². The molecule has 1 atom stereocenters. The van der Waals surface area contributed by atoms with Gasteiger partial charge in [-0.05, 0) is 25.1 Å². The highest BCUT2D eigenvalue weighted by atomic mass is 19.4. The molecule has 18 heavy (non-hydrogen) atoms. The summed E-state index contributed by atoms with van der Waals surface area (Å²) in [7, 11) is 0. The Bertz CT molecular complexity index is 500. The number of benzene rings is 1. The molecule has 0 fully saturated rings. The Morgan fingerprint density at radius 2 is 2.11 bits per heavy atom. The van der Waals surface area contributed by atoms with Gasteiger partial charge in [-0.15, -0.1) is 6.42 Å². The van der Waals surface area contributed by atoms with Crippen molar-refractivity contribution in [2.45, 2.75) is 19.2 Å². The van der Waals surface area contributed by atoms with Crippen LogP contribution in [0, 0.1) is 12.3 Å². The van der Waals surface area contributed by atoms with Crippen molar-refractivity contribution in [2.24, 2.45) is 0 Å². The monoisotopic (exact) mass is 258 g/mol. The van der Waals surface area contributed by atoms with Crippen LogP contribution >= 0.6 is 0 Å². The van der Waals surface area contributed by atoms with E-state index in [4.69, 9.17) is 16.3 Å². The summed E-state index contributed by atoms with van der Waals surface area (Å²) < 4.78 is 43.0. The first-order valence-corrected chi connectivity index (χ1v) is 4.83. The zero-order valence-corrected chi connectivity index (χ0v) is 9.28. The number of terminal acetylenes is 1. The van der Waals surface area contributed by atoms with E-state index < -0.39 is 29.4 Å². The molecule has 1 aromatic rings. The van der Waals surface area contributed by atoms with E-state index >= 15 is 0 Å². The number of carboxylic acids is 1. The molecule has 0 spiro atoms. The van der Waals surface area contributed by atoms with Gasteiger partial charge in [-0.25, -0.2) is 4.79 Å². The summed E-state index contributed by atoms with van der Waals surface area (Å²) in [6, 6.07) is 2.59. The Labute approximate surface area is 101 Å². The number of carbonyl (C=O) groups is 1. The SMILES string of the molecule is C#CC(C)Oc1ccc(C(=O)O)c(C(F)(F)F)c1. The van der Waals surface area contributed by atoms with E-state index in [1.165, 1.54) is 6.92 Å². The summed E-state index contributed by atoms with van der Waals surface area (Å²) in [6.07, 6.45) is -0.448. The maximum absolute atomic E-state index is 12.6. The summed E-state index contributed by atoms with van der Waals surface area (Å²) in [6.45, 7) is 1.48. The summed E-state index contributed by atoms with van der Waals surface area (Å²) >= 11 is 0. The smallest absolute Gasteiger partial charge is 0.417 e. The normalized spacial score (nSPS) is 12.6. The Hall–Kier alpha value is -2.16. The summed E-state index contributed by atoms with van der Waals surface area (Å²) in [4.78, 5) is 10.7. The molecule has 1 rings (SSSR count). The van der Waals surface area contributed by atoms with E-state index in [9.17, 15) is 18.0 Å². The molecular weight excluding hydrogens is 249 g/mol. The minimum absolute atomic E-state index is 0.127. The van der Waals surface area contributed by atoms with Crippen molar-refractivity contribution in [3.05, 3.63) is 29.3 Å². The molecule has 1 N–H and O–H groups in total. The molecule has 0 bridgehead atoms. The minimum atomic E-state index is -4.77. The minimum Gasteiger partial charge on any atom is -0.478 e. The van der Waals surface area contributed by atoms with Gasteiger partial charge in [-0.2, -0.15) is 13.2 Å². The predicted molar refractivity (Wildman–Crippen MR) is 57.3 cm³/mol. The van der Waals surface area contributed by atoms with Crippen LogP contribution in [0.1, 0.15) is 22.8 Å². The van der Waals surface area contributed by atoms with Crippen LogP contribution in [-0.2, 0) is 6.18 Å². The van der Waals surface area contributed by atoms with Crippen LogP contribution in [0.15, 0.2) is 18.2 Å². The average Bonchev–Trinajstić information content (AvgIpc) is 2.27. The molecule has 0 saturated carbocycles. The first kappa shape index (κ1) is 13.9. The van der Waals surface area contributed by atoms with Gasteiger partial charge >= 0.3 is 12.1 Å². The third-order valence-electron chi connectivity index (χ3n) is 2.07. The fourth-order valence-corrected chi connectivity index (χ4v) is 1.26. The van der Waals surface area contributed by atoms with Gasteiger partial charge in [0.1, 0.15) is 5.75 Å². The van der Waals surface area contributed by atoms with E-state index in [2.05, 4.69) is 5.92 Å². The Balaban J connectivity index is 3.23. The van der Waals surface area contributed by atoms with Crippen molar-refractivity contribution in [2.75, 3.05) is 0 Å². The lowest BCUT2D eigenvalue weighted by Crippen LogP contribution is -2.14. The van der Waals surface area contributed by atoms with Gasteiger partial charge in [0.2, 0.25) is 0 Å². The highest BCUT2D eigenvalue weighted by molar-refractivity contribution is 5.89. The predicted octanol–water partition coefficient (Wildman–Crippen LogP) is 2.80.